The van der Waals surface area contributed by atoms with Crippen molar-refractivity contribution in [1.29, 1.82) is 0 Å². The summed E-state index contributed by atoms with van der Waals surface area (Å²) in [6, 6.07) is 22.9. The van der Waals surface area contributed by atoms with Crippen LogP contribution in [0.3, 0.4) is 0 Å². The Bertz CT molecular complexity index is 1130. The summed E-state index contributed by atoms with van der Waals surface area (Å²) < 4.78 is 0. The van der Waals surface area contributed by atoms with Crippen LogP contribution in [0.15, 0.2) is 72.8 Å². The molecule has 3 rings (SSSR count). The maximum Gasteiger partial charge on any atom is 0.243 e. The van der Waals surface area contributed by atoms with E-state index in [0.717, 1.165) is 40.7 Å². The number of benzene rings is 3. The fraction of sp³-hybridized carbons (Fsp3) is 0.333. The maximum atomic E-state index is 13.8. The molecule has 0 saturated heterocycles. The SMILES string of the molecule is CCCCNC(=O)[C@H](Cc1ccccc1)N(Cc1cccc(Cl)c1)C(=O)Cc1cc(C)ccc1C. The average molecular weight is 491 g/mol. The minimum atomic E-state index is -0.633. The van der Waals surface area contributed by atoms with Gasteiger partial charge >= 0.3 is 0 Å². The van der Waals surface area contributed by atoms with Crippen LogP contribution in [0.1, 0.15) is 47.6 Å². The van der Waals surface area contributed by atoms with Crippen LogP contribution in [0.4, 0.5) is 0 Å². The summed E-state index contributed by atoms with van der Waals surface area (Å²) >= 11 is 6.25. The molecule has 4 nitrogen and oxygen atoms in total. The van der Waals surface area contributed by atoms with Gasteiger partial charge in [-0.25, -0.2) is 0 Å². The minimum absolute atomic E-state index is 0.0785. The molecular weight excluding hydrogens is 456 g/mol. The van der Waals surface area contributed by atoms with Crippen LogP contribution in [-0.4, -0.2) is 29.3 Å². The molecule has 1 N–H and O–H groups in total. The van der Waals surface area contributed by atoms with Crippen molar-refractivity contribution in [3.63, 3.8) is 0 Å². The largest absolute Gasteiger partial charge is 0.354 e. The Kier molecular flexibility index (Phi) is 9.92. The number of amides is 2. The van der Waals surface area contributed by atoms with E-state index in [2.05, 4.69) is 18.3 Å². The van der Waals surface area contributed by atoms with Crippen LogP contribution >= 0.6 is 11.6 Å². The molecular formula is C30H35ClN2O2. The highest BCUT2D eigenvalue weighted by molar-refractivity contribution is 6.30. The molecule has 2 amide bonds. The molecule has 0 fully saturated rings. The highest BCUT2D eigenvalue weighted by Gasteiger charge is 2.30. The van der Waals surface area contributed by atoms with Crippen LogP contribution in [0.5, 0.6) is 0 Å². The van der Waals surface area contributed by atoms with Gasteiger partial charge in [0.15, 0.2) is 0 Å². The minimum Gasteiger partial charge on any atom is -0.354 e. The smallest absolute Gasteiger partial charge is 0.243 e. The molecule has 0 radical (unpaired) electrons. The summed E-state index contributed by atoms with van der Waals surface area (Å²) in [6.45, 7) is 7.03. The van der Waals surface area contributed by atoms with Gasteiger partial charge in [-0.2, -0.15) is 0 Å². The molecule has 0 unspecified atom stereocenters. The van der Waals surface area contributed by atoms with Gasteiger partial charge in [-0.15, -0.1) is 0 Å². The third-order valence-corrected chi connectivity index (χ3v) is 6.42. The lowest BCUT2D eigenvalue weighted by Crippen LogP contribution is -2.51. The Morgan fingerprint density at radius 1 is 0.943 bits per heavy atom. The number of hydrogen-bond acceptors (Lipinski definition) is 2. The zero-order chi connectivity index (χ0) is 25.2. The van der Waals surface area contributed by atoms with Crippen molar-refractivity contribution < 1.29 is 9.59 Å². The first-order valence-electron chi connectivity index (χ1n) is 12.3. The van der Waals surface area contributed by atoms with E-state index in [4.69, 9.17) is 11.6 Å². The number of nitrogens with zero attached hydrogens (tertiary/aromatic N) is 1. The number of rotatable bonds is 11. The Hall–Kier alpha value is -3.11. The summed E-state index contributed by atoms with van der Waals surface area (Å²) in [5.74, 6) is -0.205. The van der Waals surface area contributed by atoms with Gasteiger partial charge in [-0.3, -0.25) is 9.59 Å². The highest BCUT2D eigenvalue weighted by Crippen LogP contribution is 2.20. The molecule has 0 heterocycles. The lowest BCUT2D eigenvalue weighted by Gasteiger charge is -2.32. The molecule has 184 valence electrons. The summed E-state index contributed by atoms with van der Waals surface area (Å²) in [4.78, 5) is 29.0. The predicted octanol–water partition coefficient (Wildman–Crippen LogP) is 6.06. The molecule has 0 aliphatic rings. The lowest BCUT2D eigenvalue weighted by atomic mass is 9.99. The molecule has 1 atom stereocenters. The molecule has 0 aliphatic carbocycles. The van der Waals surface area contributed by atoms with Crippen molar-refractivity contribution in [2.24, 2.45) is 0 Å². The van der Waals surface area contributed by atoms with Crippen LogP contribution in [0, 0.1) is 13.8 Å². The summed E-state index contributed by atoms with van der Waals surface area (Å²) in [5, 5.41) is 3.67. The normalized spacial score (nSPS) is 11.7. The van der Waals surface area contributed by atoms with Crippen molar-refractivity contribution in [1.82, 2.24) is 10.2 Å². The third kappa shape index (κ3) is 7.97. The quantitative estimate of drug-likeness (QED) is 0.332. The molecule has 0 aromatic heterocycles. The second kappa shape index (κ2) is 13.1. The third-order valence-electron chi connectivity index (χ3n) is 6.19. The fourth-order valence-corrected chi connectivity index (χ4v) is 4.36. The molecule has 35 heavy (non-hydrogen) atoms. The first-order valence-corrected chi connectivity index (χ1v) is 12.7. The van der Waals surface area contributed by atoms with E-state index in [1.165, 1.54) is 0 Å². The van der Waals surface area contributed by atoms with Crippen molar-refractivity contribution >= 4 is 23.4 Å². The van der Waals surface area contributed by atoms with Gasteiger partial charge in [0.2, 0.25) is 11.8 Å². The predicted molar refractivity (Wildman–Crippen MR) is 143 cm³/mol. The number of unbranched alkanes of at least 4 members (excludes halogenated alkanes) is 1. The van der Waals surface area contributed by atoms with E-state index in [1.807, 2.05) is 80.6 Å². The molecule has 0 spiro atoms. The van der Waals surface area contributed by atoms with Gasteiger partial charge in [0.05, 0.1) is 6.42 Å². The van der Waals surface area contributed by atoms with Crippen molar-refractivity contribution in [2.75, 3.05) is 6.54 Å². The van der Waals surface area contributed by atoms with E-state index in [1.54, 1.807) is 4.90 Å². The Labute approximate surface area is 214 Å². The molecule has 5 heteroatoms. The molecule has 0 saturated carbocycles. The zero-order valence-corrected chi connectivity index (χ0v) is 21.6. The van der Waals surface area contributed by atoms with E-state index >= 15 is 0 Å². The van der Waals surface area contributed by atoms with E-state index in [-0.39, 0.29) is 18.2 Å². The van der Waals surface area contributed by atoms with Crippen molar-refractivity contribution in [2.45, 2.75) is 59.0 Å². The first-order chi connectivity index (χ1) is 16.9. The molecule has 3 aromatic carbocycles. The van der Waals surface area contributed by atoms with Gasteiger partial charge < -0.3 is 10.2 Å². The van der Waals surface area contributed by atoms with Crippen molar-refractivity contribution in [3.8, 4) is 0 Å². The maximum absolute atomic E-state index is 13.8. The summed E-state index contributed by atoms with van der Waals surface area (Å²) in [7, 11) is 0. The van der Waals surface area contributed by atoms with Gasteiger partial charge in [-0.1, -0.05) is 91.2 Å². The Morgan fingerprint density at radius 3 is 2.40 bits per heavy atom. The Balaban J connectivity index is 1.97. The summed E-state index contributed by atoms with van der Waals surface area (Å²) in [5.41, 5.74) is 5.07. The van der Waals surface area contributed by atoms with Gasteiger partial charge in [0.1, 0.15) is 6.04 Å². The molecule has 0 aliphatic heterocycles. The van der Waals surface area contributed by atoms with Crippen LogP contribution in [0.25, 0.3) is 0 Å². The number of hydrogen-bond donors (Lipinski definition) is 1. The van der Waals surface area contributed by atoms with Crippen molar-refractivity contribution in [3.05, 3.63) is 106 Å². The van der Waals surface area contributed by atoms with Gasteiger partial charge in [0.25, 0.3) is 0 Å². The second-order valence-corrected chi connectivity index (χ2v) is 9.54. The Morgan fingerprint density at radius 2 is 1.69 bits per heavy atom. The molecule has 3 aromatic rings. The average Bonchev–Trinajstić information content (AvgIpc) is 2.84. The monoisotopic (exact) mass is 490 g/mol. The van der Waals surface area contributed by atoms with Crippen LogP contribution < -0.4 is 5.32 Å². The van der Waals surface area contributed by atoms with Crippen LogP contribution in [-0.2, 0) is 29.0 Å². The van der Waals surface area contributed by atoms with E-state index in [0.29, 0.717) is 24.5 Å². The number of carbonyl (C=O) groups excluding carboxylic acids is 2. The number of carbonyl (C=O) groups is 2. The fourth-order valence-electron chi connectivity index (χ4n) is 4.15. The number of aryl methyl sites for hydroxylation is 2. The standard InChI is InChI=1S/C30H35ClN2O2/c1-4-5-16-32-30(35)28(19-24-10-7-6-8-11-24)33(21-25-12-9-13-27(31)18-25)29(34)20-26-17-22(2)14-15-23(26)3/h6-15,17-18,28H,4-5,16,19-21H2,1-3H3,(H,32,35)/t28-/m0/s1. The summed E-state index contributed by atoms with van der Waals surface area (Å²) in [6.07, 6.45) is 2.56. The zero-order valence-electron chi connectivity index (χ0n) is 20.9. The first kappa shape index (κ1) is 26.5. The van der Waals surface area contributed by atoms with Gasteiger partial charge in [-0.05, 0) is 54.7 Å². The second-order valence-electron chi connectivity index (χ2n) is 9.11. The number of nitrogens with one attached hydrogen (secondary N) is 1. The molecule has 0 bridgehead atoms. The van der Waals surface area contributed by atoms with Gasteiger partial charge in [0, 0.05) is 24.5 Å². The number of halogens is 1. The van der Waals surface area contributed by atoms with E-state index < -0.39 is 6.04 Å². The van der Waals surface area contributed by atoms with E-state index in [9.17, 15) is 9.59 Å². The van der Waals surface area contributed by atoms with Crippen LogP contribution in [0.2, 0.25) is 5.02 Å². The topological polar surface area (TPSA) is 49.4 Å². The lowest BCUT2D eigenvalue weighted by molar-refractivity contribution is -0.140. The highest BCUT2D eigenvalue weighted by atomic mass is 35.5.